The quantitative estimate of drug-likeness (QED) is 0.574. The first kappa shape index (κ1) is 7.84. The van der Waals surface area contributed by atoms with E-state index in [0.717, 1.165) is 17.8 Å². The van der Waals surface area contributed by atoms with Gasteiger partial charge in [-0.15, -0.1) is 0 Å². The molecule has 6 unspecified atom stereocenters. The normalized spacial score (nSPS) is 61.0. The van der Waals surface area contributed by atoms with Crippen LogP contribution in [0.2, 0.25) is 0 Å². The van der Waals surface area contributed by atoms with Crippen molar-refractivity contribution in [3.63, 3.8) is 0 Å². The highest BCUT2D eigenvalue weighted by Gasteiger charge is 2.79. The minimum absolute atomic E-state index is 0.0387. The molecule has 4 aliphatic rings. The average molecular weight is 180 g/mol. The zero-order valence-corrected chi connectivity index (χ0v) is 8.41. The van der Waals surface area contributed by atoms with Crippen molar-refractivity contribution in [3.8, 4) is 0 Å². The van der Waals surface area contributed by atoms with E-state index in [1.807, 2.05) is 0 Å². The third-order valence-electron chi connectivity index (χ3n) is 5.09. The van der Waals surface area contributed by atoms with Crippen LogP contribution in [0.15, 0.2) is 0 Å². The van der Waals surface area contributed by atoms with Gasteiger partial charge >= 0.3 is 5.97 Å². The van der Waals surface area contributed by atoms with Crippen LogP contribution < -0.4 is 0 Å². The molecular weight excluding hydrogens is 164 g/mol. The van der Waals surface area contributed by atoms with Crippen molar-refractivity contribution in [2.75, 3.05) is 7.11 Å². The number of esters is 1. The number of rotatable bonds is 1. The van der Waals surface area contributed by atoms with Crippen LogP contribution in [-0.2, 0) is 9.53 Å². The molecule has 6 atom stereocenters. The predicted octanol–water partition coefficient (Wildman–Crippen LogP) is 1.70. The Bertz CT molecular complexity index is 286. The van der Waals surface area contributed by atoms with Crippen LogP contribution in [0, 0.1) is 35.0 Å². The van der Waals surface area contributed by atoms with Crippen molar-refractivity contribution >= 4 is 5.97 Å². The van der Waals surface area contributed by atoms with E-state index in [4.69, 9.17) is 4.74 Å². The SMILES string of the molecule is COC(=O)C1(C)C2CC3C(C2C)C31. The molecule has 0 spiro atoms. The van der Waals surface area contributed by atoms with Gasteiger partial charge in [0.25, 0.3) is 0 Å². The van der Waals surface area contributed by atoms with Crippen LogP contribution in [0.4, 0.5) is 0 Å². The highest BCUT2D eigenvalue weighted by Crippen LogP contribution is 2.80. The summed E-state index contributed by atoms with van der Waals surface area (Å²) in [6.07, 6.45) is 1.28. The zero-order chi connectivity index (χ0) is 9.38. The number of hydrogen-bond donors (Lipinski definition) is 0. The second kappa shape index (κ2) is 1.94. The van der Waals surface area contributed by atoms with Gasteiger partial charge in [0.1, 0.15) is 0 Å². The molecule has 0 radical (unpaired) electrons. The van der Waals surface area contributed by atoms with Gasteiger partial charge in [-0.2, -0.15) is 0 Å². The largest absolute Gasteiger partial charge is 0.469 e. The summed E-state index contributed by atoms with van der Waals surface area (Å²) >= 11 is 0. The molecule has 13 heavy (non-hydrogen) atoms. The maximum atomic E-state index is 11.7. The Kier molecular flexibility index (Phi) is 1.17. The van der Waals surface area contributed by atoms with Crippen LogP contribution in [0.5, 0.6) is 0 Å². The topological polar surface area (TPSA) is 26.3 Å². The second-order valence-electron chi connectivity index (χ2n) is 5.24. The molecule has 0 aromatic rings. The summed E-state index contributed by atoms with van der Waals surface area (Å²) in [4.78, 5) is 11.7. The summed E-state index contributed by atoms with van der Waals surface area (Å²) in [5.74, 6) is 3.80. The van der Waals surface area contributed by atoms with Gasteiger partial charge < -0.3 is 4.74 Å². The van der Waals surface area contributed by atoms with E-state index in [1.165, 1.54) is 13.5 Å². The van der Waals surface area contributed by atoms with Crippen molar-refractivity contribution < 1.29 is 9.53 Å². The smallest absolute Gasteiger partial charge is 0.312 e. The second-order valence-corrected chi connectivity index (χ2v) is 5.24. The highest BCUT2D eigenvalue weighted by atomic mass is 16.5. The van der Waals surface area contributed by atoms with E-state index in [9.17, 15) is 4.79 Å². The molecule has 4 aliphatic carbocycles. The molecule has 0 aromatic heterocycles. The number of ether oxygens (including phenoxy) is 1. The van der Waals surface area contributed by atoms with Crippen LogP contribution in [-0.4, -0.2) is 13.1 Å². The van der Waals surface area contributed by atoms with E-state index in [-0.39, 0.29) is 11.4 Å². The molecule has 2 nitrogen and oxygen atoms in total. The fourth-order valence-corrected chi connectivity index (χ4v) is 4.59. The third-order valence-corrected chi connectivity index (χ3v) is 5.09. The first-order valence-corrected chi connectivity index (χ1v) is 5.20. The number of methoxy groups -OCH3 is 1. The van der Waals surface area contributed by atoms with E-state index < -0.39 is 0 Å². The molecular formula is C11H16O2. The average Bonchev–Trinajstić information content (AvgIpc) is 2.56. The molecule has 4 rings (SSSR count). The molecule has 0 heterocycles. The van der Waals surface area contributed by atoms with Crippen molar-refractivity contribution in [1.29, 1.82) is 0 Å². The van der Waals surface area contributed by atoms with Gasteiger partial charge in [-0.05, 0) is 42.9 Å². The van der Waals surface area contributed by atoms with Crippen molar-refractivity contribution in [2.24, 2.45) is 35.0 Å². The lowest BCUT2D eigenvalue weighted by Crippen LogP contribution is -2.34. The van der Waals surface area contributed by atoms with Crippen molar-refractivity contribution in [3.05, 3.63) is 0 Å². The fraction of sp³-hybridized carbons (Fsp3) is 0.909. The Morgan fingerprint density at radius 1 is 1.54 bits per heavy atom. The van der Waals surface area contributed by atoms with Crippen molar-refractivity contribution in [1.82, 2.24) is 0 Å². The van der Waals surface area contributed by atoms with Gasteiger partial charge in [-0.3, -0.25) is 4.79 Å². The maximum Gasteiger partial charge on any atom is 0.312 e. The Balaban J connectivity index is 1.99. The van der Waals surface area contributed by atoms with Gasteiger partial charge in [-0.1, -0.05) is 6.92 Å². The van der Waals surface area contributed by atoms with Crippen LogP contribution in [0.3, 0.4) is 0 Å². The Morgan fingerprint density at radius 3 is 2.54 bits per heavy atom. The van der Waals surface area contributed by atoms with Gasteiger partial charge in [-0.25, -0.2) is 0 Å². The molecule has 72 valence electrons. The molecule has 0 aromatic carbocycles. The fourth-order valence-electron chi connectivity index (χ4n) is 4.59. The van der Waals surface area contributed by atoms with E-state index in [1.54, 1.807) is 0 Å². The third kappa shape index (κ3) is 0.598. The van der Waals surface area contributed by atoms with Crippen LogP contribution in [0.25, 0.3) is 0 Å². The Morgan fingerprint density at radius 2 is 2.23 bits per heavy atom. The first-order valence-electron chi connectivity index (χ1n) is 5.20. The lowest BCUT2D eigenvalue weighted by atomic mass is 9.78. The lowest BCUT2D eigenvalue weighted by Gasteiger charge is -2.27. The summed E-state index contributed by atoms with van der Waals surface area (Å²) in [7, 11) is 1.52. The number of carbonyl (C=O) groups is 1. The van der Waals surface area contributed by atoms with Crippen LogP contribution in [0.1, 0.15) is 20.3 Å². The Labute approximate surface area is 78.6 Å². The maximum absolute atomic E-state index is 11.7. The van der Waals surface area contributed by atoms with Gasteiger partial charge in [0.2, 0.25) is 0 Å². The standard InChI is InChI=1S/C11H16O2/c1-5-7-4-6-8(5)9(6)11(7,2)10(12)13-3/h5-9H,4H2,1-3H3. The summed E-state index contributed by atoms with van der Waals surface area (Å²) < 4.78 is 4.94. The van der Waals surface area contributed by atoms with Gasteiger partial charge in [0.15, 0.2) is 0 Å². The number of carbonyl (C=O) groups excluding carboxylic acids is 1. The van der Waals surface area contributed by atoms with Crippen molar-refractivity contribution in [2.45, 2.75) is 20.3 Å². The molecule has 0 aliphatic heterocycles. The number of hydrogen-bond acceptors (Lipinski definition) is 2. The molecule has 4 fully saturated rings. The van der Waals surface area contributed by atoms with E-state index in [2.05, 4.69) is 13.8 Å². The van der Waals surface area contributed by atoms with E-state index >= 15 is 0 Å². The highest BCUT2D eigenvalue weighted by molar-refractivity contribution is 5.79. The minimum Gasteiger partial charge on any atom is -0.469 e. The summed E-state index contributed by atoms with van der Waals surface area (Å²) in [5, 5.41) is 0. The predicted molar refractivity (Wildman–Crippen MR) is 47.9 cm³/mol. The molecule has 2 heteroatoms. The zero-order valence-electron chi connectivity index (χ0n) is 8.41. The summed E-state index contributed by atoms with van der Waals surface area (Å²) in [6, 6.07) is 0. The Hall–Kier alpha value is -0.530. The summed E-state index contributed by atoms with van der Waals surface area (Å²) in [6.45, 7) is 4.43. The molecule has 4 bridgehead atoms. The molecule has 0 N–H and O–H groups in total. The summed E-state index contributed by atoms with van der Waals surface area (Å²) in [5.41, 5.74) is -0.122. The van der Waals surface area contributed by atoms with Gasteiger partial charge in [0.05, 0.1) is 12.5 Å². The lowest BCUT2D eigenvalue weighted by molar-refractivity contribution is -0.154. The monoisotopic (exact) mass is 180 g/mol. The molecule has 0 amide bonds. The molecule has 0 saturated heterocycles. The van der Waals surface area contributed by atoms with E-state index in [0.29, 0.717) is 11.8 Å². The first-order chi connectivity index (χ1) is 6.12. The van der Waals surface area contributed by atoms with Gasteiger partial charge in [0, 0.05) is 0 Å². The molecule has 4 saturated carbocycles. The van der Waals surface area contributed by atoms with Crippen LogP contribution >= 0.6 is 0 Å². The minimum atomic E-state index is -0.122.